The van der Waals surface area contributed by atoms with E-state index in [0.717, 1.165) is 22.8 Å². The minimum atomic E-state index is -0.295. The van der Waals surface area contributed by atoms with Crippen molar-refractivity contribution in [2.75, 3.05) is 6.54 Å². The van der Waals surface area contributed by atoms with Gasteiger partial charge in [-0.1, -0.05) is 0 Å². The van der Waals surface area contributed by atoms with Crippen LogP contribution in [0.5, 0.6) is 0 Å². The number of carbonyl (C=O) groups is 1. The lowest BCUT2D eigenvalue weighted by molar-refractivity contribution is 0.0952. The molecule has 1 amide bonds. The van der Waals surface area contributed by atoms with E-state index >= 15 is 0 Å². The summed E-state index contributed by atoms with van der Waals surface area (Å²) < 4.78 is 3.40. The molecular weight excluding hydrogens is 342 g/mol. The third kappa shape index (κ3) is 4.13. The summed E-state index contributed by atoms with van der Waals surface area (Å²) in [5.41, 5.74) is 4.69. The van der Waals surface area contributed by atoms with E-state index in [2.05, 4.69) is 15.4 Å². The van der Waals surface area contributed by atoms with Crippen molar-refractivity contribution in [1.29, 1.82) is 0 Å². The van der Waals surface area contributed by atoms with Crippen molar-refractivity contribution >= 4 is 5.91 Å². The van der Waals surface area contributed by atoms with Gasteiger partial charge in [0.2, 0.25) is 0 Å². The van der Waals surface area contributed by atoms with Gasteiger partial charge in [0.15, 0.2) is 0 Å². The van der Waals surface area contributed by atoms with Crippen LogP contribution < -0.4 is 11.0 Å². The molecule has 3 rings (SSSR count). The molecule has 7 heteroatoms. The molecule has 0 aliphatic heterocycles. The van der Waals surface area contributed by atoms with Crippen molar-refractivity contribution in [1.82, 2.24) is 24.6 Å². The van der Waals surface area contributed by atoms with Crippen LogP contribution >= 0.6 is 0 Å². The predicted molar refractivity (Wildman–Crippen MR) is 103 cm³/mol. The van der Waals surface area contributed by atoms with Crippen molar-refractivity contribution in [2.24, 2.45) is 0 Å². The molecule has 7 nitrogen and oxygen atoms in total. The maximum atomic E-state index is 12.3. The summed E-state index contributed by atoms with van der Waals surface area (Å²) in [7, 11) is 0. The van der Waals surface area contributed by atoms with Gasteiger partial charge in [-0.05, 0) is 64.1 Å². The number of carbonyl (C=O) groups excluding carboxylic acids is 1. The lowest BCUT2D eigenvalue weighted by Gasteiger charge is -2.11. The second kappa shape index (κ2) is 7.57. The second-order valence-electron chi connectivity index (χ2n) is 6.61. The first-order chi connectivity index (χ1) is 12.8. The summed E-state index contributed by atoms with van der Waals surface area (Å²) in [6.45, 7) is 8.31. The number of benzene rings is 1. The number of nitrogens with zero attached hydrogens (tertiary/aromatic N) is 4. The van der Waals surface area contributed by atoms with E-state index in [1.165, 1.54) is 0 Å². The first-order valence-electron chi connectivity index (χ1n) is 8.82. The second-order valence-corrected chi connectivity index (χ2v) is 6.61. The average molecular weight is 365 g/mol. The molecule has 3 aromatic rings. The number of aryl methyl sites for hydroxylation is 4. The van der Waals surface area contributed by atoms with Crippen LogP contribution in [-0.2, 0) is 6.54 Å². The van der Waals surface area contributed by atoms with Gasteiger partial charge in [0, 0.05) is 35.7 Å². The lowest BCUT2D eigenvalue weighted by Crippen LogP contribution is -2.33. The number of hydrogen-bond acceptors (Lipinski definition) is 4. The molecule has 0 bridgehead atoms. The lowest BCUT2D eigenvalue weighted by atomic mass is 10.2. The fraction of sp³-hybridized carbons (Fsp3) is 0.300. The number of amides is 1. The third-order valence-electron chi connectivity index (χ3n) is 4.35. The van der Waals surface area contributed by atoms with Gasteiger partial charge in [0.05, 0.1) is 11.4 Å². The Balaban J connectivity index is 1.63. The largest absolute Gasteiger partial charge is 0.350 e. The van der Waals surface area contributed by atoms with Gasteiger partial charge < -0.3 is 5.32 Å². The molecule has 0 fully saturated rings. The molecule has 0 aliphatic rings. The fourth-order valence-electron chi connectivity index (χ4n) is 3.07. The Morgan fingerprint density at radius 2 is 1.67 bits per heavy atom. The maximum absolute atomic E-state index is 12.3. The first kappa shape index (κ1) is 18.6. The quantitative estimate of drug-likeness (QED) is 0.751. The molecule has 0 spiro atoms. The molecule has 0 aliphatic carbocycles. The molecular formula is C20H23N5O2. The zero-order chi connectivity index (χ0) is 19.6. The Kier molecular flexibility index (Phi) is 5.21. The Morgan fingerprint density at radius 1 is 1.00 bits per heavy atom. The monoisotopic (exact) mass is 365 g/mol. The van der Waals surface area contributed by atoms with Crippen LogP contribution in [0, 0.1) is 27.7 Å². The van der Waals surface area contributed by atoms with Crippen LogP contribution in [0.3, 0.4) is 0 Å². The van der Waals surface area contributed by atoms with Crippen LogP contribution in [-0.4, -0.2) is 31.8 Å². The summed E-state index contributed by atoms with van der Waals surface area (Å²) in [6.07, 6.45) is 0. The molecule has 140 valence electrons. The number of rotatable bonds is 5. The third-order valence-corrected chi connectivity index (χ3v) is 4.35. The molecule has 0 saturated heterocycles. The molecule has 2 aromatic heterocycles. The summed E-state index contributed by atoms with van der Waals surface area (Å²) in [6, 6.07) is 11.1. The van der Waals surface area contributed by atoms with Gasteiger partial charge in [0.1, 0.15) is 0 Å². The fourth-order valence-corrected chi connectivity index (χ4v) is 3.07. The minimum absolute atomic E-state index is 0.180. The zero-order valence-electron chi connectivity index (χ0n) is 16.0. The number of aromatic nitrogens is 4. The maximum Gasteiger partial charge on any atom is 0.348 e. The molecule has 0 saturated carbocycles. The summed E-state index contributed by atoms with van der Waals surface area (Å²) in [5, 5.41) is 7.28. The van der Waals surface area contributed by atoms with Crippen LogP contribution in [0.4, 0.5) is 0 Å². The van der Waals surface area contributed by atoms with E-state index in [1.54, 1.807) is 23.6 Å². The number of nitrogens with one attached hydrogen (secondary N) is 1. The van der Waals surface area contributed by atoms with Gasteiger partial charge >= 0.3 is 5.69 Å². The Hall–Kier alpha value is -3.22. The molecule has 0 atom stereocenters. The molecule has 0 unspecified atom stereocenters. The van der Waals surface area contributed by atoms with Gasteiger partial charge in [0.25, 0.3) is 5.91 Å². The van der Waals surface area contributed by atoms with E-state index in [9.17, 15) is 9.59 Å². The van der Waals surface area contributed by atoms with Crippen molar-refractivity contribution in [3.05, 3.63) is 75.2 Å². The minimum Gasteiger partial charge on any atom is -0.350 e. The SMILES string of the molecule is Cc1cc(C)n(CCNC(=O)c2ccc(-n3nc(C)cc3C)cc2)c(=O)n1. The summed E-state index contributed by atoms with van der Waals surface area (Å²) >= 11 is 0. The topological polar surface area (TPSA) is 81.8 Å². The van der Waals surface area contributed by atoms with E-state index < -0.39 is 0 Å². The van der Waals surface area contributed by atoms with E-state index in [-0.39, 0.29) is 11.6 Å². The highest BCUT2D eigenvalue weighted by Crippen LogP contribution is 2.13. The summed E-state index contributed by atoms with van der Waals surface area (Å²) in [4.78, 5) is 28.2. The Bertz CT molecular complexity index is 1030. The predicted octanol–water partition coefficient (Wildman–Crippen LogP) is 2.09. The zero-order valence-corrected chi connectivity index (χ0v) is 16.0. The summed E-state index contributed by atoms with van der Waals surface area (Å²) in [5.74, 6) is -0.180. The van der Waals surface area contributed by atoms with Crippen LogP contribution in [0.2, 0.25) is 0 Å². The van der Waals surface area contributed by atoms with Gasteiger partial charge in [-0.15, -0.1) is 0 Å². The van der Waals surface area contributed by atoms with Gasteiger partial charge in [-0.3, -0.25) is 9.36 Å². The van der Waals surface area contributed by atoms with Gasteiger partial charge in [-0.25, -0.2) is 9.48 Å². The normalized spacial score (nSPS) is 10.8. The number of hydrogen-bond donors (Lipinski definition) is 1. The Labute approximate surface area is 157 Å². The highest BCUT2D eigenvalue weighted by molar-refractivity contribution is 5.94. The highest BCUT2D eigenvalue weighted by atomic mass is 16.2. The van der Waals surface area contributed by atoms with Crippen LogP contribution in [0.25, 0.3) is 5.69 Å². The van der Waals surface area contributed by atoms with Crippen molar-refractivity contribution in [3.63, 3.8) is 0 Å². The van der Waals surface area contributed by atoms with E-state index in [4.69, 9.17) is 0 Å². The van der Waals surface area contributed by atoms with Gasteiger partial charge in [-0.2, -0.15) is 10.1 Å². The van der Waals surface area contributed by atoms with E-state index in [0.29, 0.717) is 24.3 Å². The van der Waals surface area contributed by atoms with E-state index in [1.807, 2.05) is 49.7 Å². The average Bonchev–Trinajstić information content (AvgIpc) is 2.95. The molecule has 1 N–H and O–H groups in total. The van der Waals surface area contributed by atoms with Crippen molar-refractivity contribution in [3.8, 4) is 5.69 Å². The van der Waals surface area contributed by atoms with Crippen LogP contribution in [0.1, 0.15) is 33.1 Å². The van der Waals surface area contributed by atoms with Crippen molar-refractivity contribution < 1.29 is 4.79 Å². The smallest absolute Gasteiger partial charge is 0.348 e. The Morgan fingerprint density at radius 3 is 2.26 bits per heavy atom. The highest BCUT2D eigenvalue weighted by Gasteiger charge is 2.08. The molecule has 1 aromatic carbocycles. The molecule has 0 radical (unpaired) electrons. The first-order valence-corrected chi connectivity index (χ1v) is 8.82. The molecule has 2 heterocycles. The standard InChI is InChI=1S/C20H23N5O2/c1-13-11-15(3)24(20(27)22-13)10-9-21-19(26)17-5-7-18(8-6-17)25-16(4)12-14(2)23-25/h5-8,11-12H,9-10H2,1-4H3,(H,21,26). The van der Waals surface area contributed by atoms with Crippen LogP contribution in [0.15, 0.2) is 41.2 Å². The van der Waals surface area contributed by atoms with Crippen molar-refractivity contribution in [2.45, 2.75) is 34.2 Å². The molecule has 27 heavy (non-hydrogen) atoms.